The highest BCUT2D eigenvalue weighted by Gasteiger charge is 2.12. The van der Waals surface area contributed by atoms with E-state index in [4.69, 9.17) is 0 Å². The Kier molecular flexibility index (Phi) is 6.09. The molecule has 0 amide bonds. The molecule has 0 heterocycles. The van der Waals surface area contributed by atoms with Crippen LogP contribution in [0.2, 0.25) is 0 Å². The van der Waals surface area contributed by atoms with Crippen LogP contribution >= 0.6 is 0 Å². The molecule has 15 heavy (non-hydrogen) atoms. The quantitative estimate of drug-likeness (QED) is 0.513. The van der Waals surface area contributed by atoms with Crippen LogP contribution in [0.15, 0.2) is 23.8 Å². The summed E-state index contributed by atoms with van der Waals surface area (Å²) in [5.41, 5.74) is 0.878. The maximum absolute atomic E-state index is 11.2. The first-order valence-corrected chi connectivity index (χ1v) is 4.56. The van der Waals surface area contributed by atoms with Crippen LogP contribution in [-0.4, -0.2) is 26.2 Å². The molecule has 0 bridgehead atoms. The fourth-order valence-electron chi connectivity index (χ4n) is 1.03. The van der Waals surface area contributed by atoms with Gasteiger partial charge < -0.3 is 9.47 Å². The molecule has 0 rings (SSSR count). The van der Waals surface area contributed by atoms with Crippen molar-refractivity contribution in [3.63, 3.8) is 0 Å². The molecule has 0 atom stereocenters. The van der Waals surface area contributed by atoms with Gasteiger partial charge >= 0.3 is 11.9 Å². The molecule has 0 aromatic rings. The van der Waals surface area contributed by atoms with Gasteiger partial charge in [-0.3, -0.25) is 0 Å². The lowest BCUT2D eigenvalue weighted by molar-refractivity contribution is -0.137. The summed E-state index contributed by atoms with van der Waals surface area (Å²) in [4.78, 5) is 22.2. The molecule has 0 spiro atoms. The van der Waals surface area contributed by atoms with E-state index in [0.717, 1.165) is 0 Å². The fourth-order valence-corrected chi connectivity index (χ4v) is 1.03. The summed E-state index contributed by atoms with van der Waals surface area (Å²) < 4.78 is 9.06. The Labute approximate surface area is 89.6 Å². The van der Waals surface area contributed by atoms with Gasteiger partial charge in [0.2, 0.25) is 0 Å². The average Bonchev–Trinajstić information content (AvgIpc) is 2.27. The van der Waals surface area contributed by atoms with Gasteiger partial charge in [0.15, 0.2) is 0 Å². The van der Waals surface area contributed by atoms with E-state index in [2.05, 4.69) is 16.1 Å². The summed E-state index contributed by atoms with van der Waals surface area (Å²) in [7, 11) is 2.62. The van der Waals surface area contributed by atoms with Crippen molar-refractivity contribution in [2.75, 3.05) is 14.2 Å². The zero-order valence-electron chi connectivity index (χ0n) is 9.33. The average molecular weight is 212 g/mol. The molecule has 0 saturated carbocycles. The van der Waals surface area contributed by atoms with Crippen LogP contribution in [0.1, 0.15) is 19.8 Å². The number of esters is 2. The maximum Gasteiger partial charge on any atom is 0.333 e. The van der Waals surface area contributed by atoms with Crippen LogP contribution in [-0.2, 0) is 19.1 Å². The van der Waals surface area contributed by atoms with Crippen molar-refractivity contribution in [2.24, 2.45) is 0 Å². The molecule has 4 heteroatoms. The minimum Gasteiger partial charge on any atom is -0.466 e. The van der Waals surface area contributed by atoms with Crippen molar-refractivity contribution in [3.05, 3.63) is 23.8 Å². The van der Waals surface area contributed by atoms with Gasteiger partial charge in [-0.2, -0.15) is 0 Å². The highest BCUT2D eigenvalue weighted by atomic mass is 16.5. The third-order valence-corrected chi connectivity index (χ3v) is 1.97. The van der Waals surface area contributed by atoms with Gasteiger partial charge in [0, 0.05) is 11.1 Å². The van der Waals surface area contributed by atoms with E-state index in [0.29, 0.717) is 24.0 Å². The largest absolute Gasteiger partial charge is 0.466 e. The van der Waals surface area contributed by atoms with E-state index in [1.165, 1.54) is 14.2 Å². The van der Waals surface area contributed by atoms with Crippen LogP contribution in [0.4, 0.5) is 0 Å². The van der Waals surface area contributed by atoms with Crippen LogP contribution in [0, 0.1) is 0 Å². The van der Waals surface area contributed by atoms with Gasteiger partial charge in [-0.1, -0.05) is 12.7 Å². The lowest BCUT2D eigenvalue weighted by Gasteiger charge is -2.05. The Morgan fingerprint density at radius 1 is 1.13 bits per heavy atom. The number of ether oxygens (including phenoxy) is 2. The van der Waals surface area contributed by atoms with E-state index in [1.807, 2.05) is 0 Å². The Morgan fingerprint density at radius 3 is 2.07 bits per heavy atom. The van der Waals surface area contributed by atoms with E-state index >= 15 is 0 Å². The Morgan fingerprint density at radius 2 is 1.67 bits per heavy atom. The molecule has 0 aliphatic heterocycles. The van der Waals surface area contributed by atoms with E-state index in [-0.39, 0.29) is 5.97 Å². The van der Waals surface area contributed by atoms with Crippen LogP contribution < -0.4 is 0 Å². The van der Waals surface area contributed by atoms with Gasteiger partial charge in [0.05, 0.1) is 14.2 Å². The molecule has 0 aromatic carbocycles. The molecule has 0 saturated heterocycles. The topological polar surface area (TPSA) is 52.6 Å². The summed E-state index contributed by atoms with van der Waals surface area (Å²) in [6, 6.07) is 0. The summed E-state index contributed by atoms with van der Waals surface area (Å²) in [5, 5.41) is 0. The minimum absolute atomic E-state index is 0.348. The molecule has 0 aliphatic rings. The summed E-state index contributed by atoms with van der Waals surface area (Å²) in [5.74, 6) is -0.828. The predicted octanol–water partition coefficient (Wildman–Crippen LogP) is 1.62. The molecule has 0 radical (unpaired) electrons. The van der Waals surface area contributed by atoms with Crippen LogP contribution in [0.5, 0.6) is 0 Å². The number of rotatable bonds is 5. The molecule has 0 N–H and O–H groups in total. The molecular weight excluding hydrogens is 196 g/mol. The smallest absolute Gasteiger partial charge is 0.333 e. The molecule has 0 aromatic heterocycles. The molecule has 4 nitrogen and oxygen atoms in total. The number of carbonyl (C=O) groups excluding carboxylic acids is 2. The number of carbonyl (C=O) groups is 2. The zero-order valence-corrected chi connectivity index (χ0v) is 9.33. The zero-order chi connectivity index (χ0) is 11.8. The highest BCUT2D eigenvalue weighted by Crippen LogP contribution is 2.12. The Bertz CT molecular complexity index is 289. The van der Waals surface area contributed by atoms with Crippen LogP contribution in [0.25, 0.3) is 0 Å². The second-order valence-electron chi connectivity index (χ2n) is 2.90. The predicted molar refractivity (Wildman–Crippen MR) is 56.2 cm³/mol. The second kappa shape index (κ2) is 6.81. The van der Waals surface area contributed by atoms with E-state index < -0.39 is 5.97 Å². The highest BCUT2D eigenvalue weighted by molar-refractivity contribution is 5.90. The number of hydrogen-bond donors (Lipinski definition) is 0. The third-order valence-electron chi connectivity index (χ3n) is 1.97. The molecule has 84 valence electrons. The molecule has 0 unspecified atom stereocenters. The molecule has 0 fully saturated rings. The normalized spacial score (nSPS) is 10.7. The monoisotopic (exact) mass is 212 g/mol. The maximum atomic E-state index is 11.2. The second-order valence-corrected chi connectivity index (χ2v) is 2.90. The Hall–Kier alpha value is -1.58. The van der Waals surface area contributed by atoms with Crippen molar-refractivity contribution in [1.82, 2.24) is 0 Å². The van der Waals surface area contributed by atoms with Gasteiger partial charge in [-0.05, 0) is 19.8 Å². The van der Waals surface area contributed by atoms with E-state index in [1.54, 1.807) is 13.0 Å². The summed E-state index contributed by atoms with van der Waals surface area (Å²) in [6.45, 7) is 5.31. The summed E-state index contributed by atoms with van der Waals surface area (Å²) >= 11 is 0. The van der Waals surface area contributed by atoms with Crippen molar-refractivity contribution in [1.29, 1.82) is 0 Å². The number of allylic oxidation sites excluding steroid dienone is 1. The fraction of sp³-hybridized carbons (Fsp3) is 0.455. The van der Waals surface area contributed by atoms with Crippen molar-refractivity contribution in [3.8, 4) is 0 Å². The van der Waals surface area contributed by atoms with Crippen molar-refractivity contribution in [2.45, 2.75) is 19.8 Å². The lowest BCUT2D eigenvalue weighted by atomic mass is 10.1. The van der Waals surface area contributed by atoms with Crippen molar-refractivity contribution < 1.29 is 19.1 Å². The van der Waals surface area contributed by atoms with Gasteiger partial charge in [-0.15, -0.1) is 0 Å². The standard InChI is InChI=1S/C11H16O4/c1-5-9(11(13)15-4)7-6-8(2)10(12)14-3/h5H,2,6-7H2,1,3-4H3/b9-5-. The van der Waals surface area contributed by atoms with Gasteiger partial charge in [0.25, 0.3) is 0 Å². The van der Waals surface area contributed by atoms with Gasteiger partial charge in [-0.25, -0.2) is 9.59 Å². The Balaban J connectivity index is 4.20. The summed E-state index contributed by atoms with van der Waals surface area (Å²) in [6.07, 6.45) is 2.48. The molecule has 0 aliphatic carbocycles. The molecular formula is C11H16O4. The number of hydrogen-bond acceptors (Lipinski definition) is 4. The minimum atomic E-state index is -0.449. The van der Waals surface area contributed by atoms with E-state index in [9.17, 15) is 9.59 Å². The first-order valence-electron chi connectivity index (χ1n) is 4.56. The first kappa shape index (κ1) is 13.4. The lowest BCUT2D eigenvalue weighted by Crippen LogP contribution is -2.08. The van der Waals surface area contributed by atoms with Gasteiger partial charge in [0.1, 0.15) is 0 Å². The van der Waals surface area contributed by atoms with Crippen molar-refractivity contribution >= 4 is 11.9 Å². The SMILES string of the molecule is C=C(CC/C(=C/C)C(=O)OC)C(=O)OC. The number of methoxy groups -OCH3 is 2. The third kappa shape index (κ3) is 4.44. The van der Waals surface area contributed by atoms with Crippen LogP contribution in [0.3, 0.4) is 0 Å². The first-order chi connectivity index (χ1) is 7.06.